The smallest absolute Gasteiger partial charge is 0.339 e. The number of fused-ring (bicyclic) bond motifs is 1. The van der Waals surface area contributed by atoms with Crippen LogP contribution in [0.4, 0.5) is 0 Å². The third kappa shape index (κ3) is 2.15. The number of hydrogen-bond donors (Lipinski definition) is 0. The molecular formula is C11H7BrO3. The van der Waals surface area contributed by atoms with E-state index in [1.165, 1.54) is 0 Å². The fraction of sp³-hybridized carbons (Fsp3) is 0.0909. The van der Waals surface area contributed by atoms with Crippen molar-refractivity contribution < 1.29 is 9.21 Å². The van der Waals surface area contributed by atoms with Gasteiger partial charge in [-0.25, -0.2) is 4.79 Å². The van der Waals surface area contributed by atoms with Gasteiger partial charge in [0.25, 0.3) is 0 Å². The van der Waals surface area contributed by atoms with E-state index in [0.29, 0.717) is 11.1 Å². The van der Waals surface area contributed by atoms with Gasteiger partial charge in [0.15, 0.2) is 0 Å². The van der Waals surface area contributed by atoms with Crippen LogP contribution in [0.3, 0.4) is 0 Å². The van der Waals surface area contributed by atoms with Crippen molar-refractivity contribution in [1.82, 2.24) is 0 Å². The second kappa shape index (κ2) is 3.98. The van der Waals surface area contributed by atoms with Crippen molar-refractivity contribution in [1.29, 1.82) is 0 Å². The van der Waals surface area contributed by atoms with E-state index >= 15 is 0 Å². The molecule has 0 aliphatic rings. The van der Waals surface area contributed by atoms with Crippen LogP contribution in [-0.2, 0) is 11.2 Å². The van der Waals surface area contributed by atoms with E-state index in [4.69, 9.17) is 4.42 Å². The van der Waals surface area contributed by atoms with E-state index in [1.54, 1.807) is 18.2 Å². The van der Waals surface area contributed by atoms with E-state index in [1.807, 2.05) is 12.1 Å². The Bertz CT molecular complexity index is 571. The lowest BCUT2D eigenvalue weighted by Gasteiger charge is -1.98. The van der Waals surface area contributed by atoms with Gasteiger partial charge in [-0.15, -0.1) is 0 Å². The molecule has 1 aromatic carbocycles. The Balaban J connectivity index is 2.62. The summed E-state index contributed by atoms with van der Waals surface area (Å²) in [6, 6.07) is 8.87. The third-order valence-electron chi connectivity index (χ3n) is 2.04. The largest absolute Gasteiger partial charge is 0.423 e. The van der Waals surface area contributed by atoms with Crippen molar-refractivity contribution in [2.45, 2.75) is 6.42 Å². The van der Waals surface area contributed by atoms with Crippen LogP contribution in [0.15, 0.2) is 39.5 Å². The summed E-state index contributed by atoms with van der Waals surface area (Å²) in [5, 5.41) is 0.820. The van der Waals surface area contributed by atoms with E-state index in [0.717, 1.165) is 5.39 Å². The Morgan fingerprint density at radius 1 is 1.33 bits per heavy atom. The van der Waals surface area contributed by atoms with Crippen LogP contribution in [0.1, 0.15) is 5.56 Å². The summed E-state index contributed by atoms with van der Waals surface area (Å²) in [7, 11) is 0. The van der Waals surface area contributed by atoms with Gasteiger partial charge in [0.1, 0.15) is 5.58 Å². The molecule has 0 atom stereocenters. The molecule has 0 radical (unpaired) electrons. The number of para-hydroxylation sites is 1. The molecule has 15 heavy (non-hydrogen) atoms. The number of benzene rings is 1. The number of hydrogen-bond acceptors (Lipinski definition) is 3. The molecular weight excluding hydrogens is 260 g/mol. The molecule has 76 valence electrons. The summed E-state index contributed by atoms with van der Waals surface area (Å²) in [6.07, 6.45) is 0.0488. The minimum Gasteiger partial charge on any atom is -0.423 e. The van der Waals surface area contributed by atoms with Crippen LogP contribution < -0.4 is 5.63 Å². The van der Waals surface area contributed by atoms with Crippen LogP contribution in [0.5, 0.6) is 0 Å². The summed E-state index contributed by atoms with van der Waals surface area (Å²) in [4.78, 5) is 22.3. The molecule has 0 unspecified atom stereocenters. The Morgan fingerprint density at radius 2 is 2.07 bits per heavy atom. The van der Waals surface area contributed by atoms with Gasteiger partial charge < -0.3 is 4.42 Å². The predicted molar refractivity (Wildman–Crippen MR) is 60.1 cm³/mol. The molecule has 0 bridgehead atoms. The molecule has 0 aliphatic carbocycles. The molecule has 4 heteroatoms. The molecule has 2 aromatic rings. The second-order valence-electron chi connectivity index (χ2n) is 3.13. The molecule has 0 aliphatic heterocycles. The van der Waals surface area contributed by atoms with Gasteiger partial charge in [-0.05, 0) is 28.1 Å². The van der Waals surface area contributed by atoms with Gasteiger partial charge in [-0.1, -0.05) is 18.2 Å². The zero-order valence-electron chi connectivity index (χ0n) is 7.70. The normalized spacial score (nSPS) is 10.5. The first-order chi connectivity index (χ1) is 7.16. The molecule has 1 aromatic heterocycles. The summed E-state index contributed by atoms with van der Waals surface area (Å²) in [5.41, 5.74) is 0.449. The minimum atomic E-state index is -0.457. The van der Waals surface area contributed by atoms with Gasteiger partial charge in [0, 0.05) is 17.4 Å². The van der Waals surface area contributed by atoms with Crippen molar-refractivity contribution in [2.24, 2.45) is 0 Å². The van der Waals surface area contributed by atoms with E-state index in [9.17, 15) is 9.59 Å². The van der Waals surface area contributed by atoms with Gasteiger partial charge in [0.2, 0.25) is 4.69 Å². The Labute approximate surface area is 93.8 Å². The highest BCUT2D eigenvalue weighted by Crippen LogP contribution is 2.13. The maximum absolute atomic E-state index is 11.4. The maximum atomic E-state index is 11.4. The molecule has 0 saturated heterocycles. The molecule has 0 fully saturated rings. The van der Waals surface area contributed by atoms with Crippen LogP contribution in [0.25, 0.3) is 11.0 Å². The van der Waals surface area contributed by atoms with E-state index < -0.39 is 5.63 Å². The summed E-state index contributed by atoms with van der Waals surface area (Å²) in [5.74, 6) is 0. The van der Waals surface area contributed by atoms with Crippen molar-refractivity contribution in [3.63, 3.8) is 0 Å². The Hall–Kier alpha value is -1.42. The van der Waals surface area contributed by atoms with Crippen molar-refractivity contribution in [2.75, 3.05) is 0 Å². The fourth-order valence-electron chi connectivity index (χ4n) is 1.38. The number of rotatable bonds is 2. The molecule has 0 saturated carbocycles. The molecule has 0 N–H and O–H groups in total. The lowest BCUT2D eigenvalue weighted by Crippen LogP contribution is -2.09. The van der Waals surface area contributed by atoms with Gasteiger partial charge in [0.05, 0.1) is 0 Å². The standard InChI is InChI=1S/C11H7BrO3/c12-10(13)6-8-5-7-3-1-2-4-9(7)15-11(8)14/h1-5H,6H2. The average molecular weight is 267 g/mol. The van der Waals surface area contributed by atoms with Crippen molar-refractivity contribution in [3.05, 3.63) is 46.3 Å². The SMILES string of the molecule is O=C(Br)Cc1cc2ccccc2oc1=O. The number of halogens is 1. The number of carbonyl (C=O) groups is 1. The fourth-order valence-corrected chi connectivity index (χ4v) is 1.68. The molecule has 2 rings (SSSR count). The molecule has 0 amide bonds. The van der Waals surface area contributed by atoms with Crippen LogP contribution in [0.2, 0.25) is 0 Å². The van der Waals surface area contributed by atoms with Crippen LogP contribution in [0, 0.1) is 0 Å². The van der Waals surface area contributed by atoms with E-state index in [-0.39, 0.29) is 11.1 Å². The van der Waals surface area contributed by atoms with Crippen LogP contribution in [-0.4, -0.2) is 4.69 Å². The first-order valence-electron chi connectivity index (χ1n) is 4.37. The Kier molecular flexibility index (Phi) is 2.68. The highest BCUT2D eigenvalue weighted by atomic mass is 79.9. The van der Waals surface area contributed by atoms with Gasteiger partial charge in [-0.2, -0.15) is 0 Å². The first kappa shape index (κ1) is 10.1. The predicted octanol–water partition coefficient (Wildman–Crippen LogP) is 2.26. The quantitative estimate of drug-likeness (QED) is 0.619. The van der Waals surface area contributed by atoms with Crippen molar-refractivity contribution in [3.8, 4) is 0 Å². The summed E-state index contributed by atoms with van der Waals surface area (Å²) < 4.78 is 4.83. The molecule has 0 spiro atoms. The zero-order valence-corrected chi connectivity index (χ0v) is 9.28. The van der Waals surface area contributed by atoms with Crippen LogP contribution >= 0.6 is 15.9 Å². The lowest BCUT2D eigenvalue weighted by atomic mass is 10.1. The van der Waals surface area contributed by atoms with Crippen molar-refractivity contribution >= 4 is 31.6 Å². The number of carbonyl (C=O) groups excluding carboxylic acids is 1. The molecule has 1 heterocycles. The van der Waals surface area contributed by atoms with Gasteiger partial charge >= 0.3 is 5.63 Å². The third-order valence-corrected chi connectivity index (χ3v) is 2.32. The zero-order chi connectivity index (χ0) is 10.8. The Morgan fingerprint density at radius 3 is 2.80 bits per heavy atom. The molecule has 3 nitrogen and oxygen atoms in total. The summed E-state index contributed by atoms with van der Waals surface area (Å²) >= 11 is 2.79. The maximum Gasteiger partial charge on any atom is 0.339 e. The van der Waals surface area contributed by atoms with E-state index in [2.05, 4.69) is 15.9 Å². The average Bonchev–Trinajstić information content (AvgIpc) is 2.18. The monoisotopic (exact) mass is 266 g/mol. The minimum absolute atomic E-state index is 0.0488. The topological polar surface area (TPSA) is 47.3 Å². The highest BCUT2D eigenvalue weighted by molar-refractivity contribution is 9.18. The first-order valence-corrected chi connectivity index (χ1v) is 5.16. The highest BCUT2D eigenvalue weighted by Gasteiger charge is 2.07. The lowest BCUT2D eigenvalue weighted by molar-refractivity contribution is -0.109. The summed E-state index contributed by atoms with van der Waals surface area (Å²) in [6.45, 7) is 0. The second-order valence-corrected chi connectivity index (χ2v) is 4.01. The van der Waals surface area contributed by atoms with Gasteiger partial charge in [-0.3, -0.25) is 4.79 Å².